The highest BCUT2D eigenvalue weighted by atomic mass is 19.1. The zero-order valence-corrected chi connectivity index (χ0v) is 17.1. The zero-order chi connectivity index (χ0) is 21.6. The van der Waals surface area contributed by atoms with E-state index in [2.05, 4.69) is 5.10 Å². The first-order valence-corrected chi connectivity index (χ1v) is 10.2. The van der Waals surface area contributed by atoms with E-state index in [1.165, 1.54) is 4.68 Å². The van der Waals surface area contributed by atoms with Crippen molar-refractivity contribution in [2.75, 3.05) is 0 Å². The van der Waals surface area contributed by atoms with E-state index >= 15 is 0 Å². The summed E-state index contributed by atoms with van der Waals surface area (Å²) in [6.07, 6.45) is 1.69. The summed E-state index contributed by atoms with van der Waals surface area (Å²) in [5, 5.41) is 4.83. The van der Waals surface area contributed by atoms with Crippen LogP contribution in [-0.2, 0) is 16.1 Å². The van der Waals surface area contributed by atoms with Crippen molar-refractivity contribution in [3.63, 3.8) is 0 Å². The molecule has 1 aromatic carbocycles. The Labute approximate surface area is 173 Å². The molecule has 0 unspecified atom stereocenters. The van der Waals surface area contributed by atoms with Crippen molar-refractivity contribution in [2.45, 2.75) is 58.2 Å². The van der Waals surface area contributed by atoms with Gasteiger partial charge in [-0.15, -0.1) is 0 Å². The fraction of sp³-hybridized carbons (Fsp3) is 0.455. The molecule has 1 aliphatic carbocycles. The highest BCUT2D eigenvalue weighted by molar-refractivity contribution is 6.04. The standard InChI is InChI=1S/C22H25FN4O3/c1-12(2)15(23)7-8-19(28)18-10-13-9-17(13)27(18)20(29)11-26-16-6-4-3-5-14(16)21(25-26)22(24)30/h3-6,13,17-18H,7-11H2,1-2H3,(H2,24,30)/t13-,17-,18+/m1/s1. The fourth-order valence-electron chi connectivity index (χ4n) is 4.39. The Kier molecular flexibility index (Phi) is 5.17. The summed E-state index contributed by atoms with van der Waals surface area (Å²) in [5.74, 6) is -0.909. The van der Waals surface area contributed by atoms with Gasteiger partial charge in [-0.3, -0.25) is 19.1 Å². The monoisotopic (exact) mass is 412 g/mol. The minimum atomic E-state index is -0.657. The molecule has 2 amide bonds. The molecule has 1 aliphatic heterocycles. The number of para-hydroxylation sites is 1. The van der Waals surface area contributed by atoms with Crippen molar-refractivity contribution in [1.29, 1.82) is 0 Å². The van der Waals surface area contributed by atoms with Gasteiger partial charge < -0.3 is 10.6 Å². The number of nitrogens with zero attached hydrogens (tertiary/aromatic N) is 3. The maximum atomic E-state index is 13.8. The number of amides is 2. The van der Waals surface area contributed by atoms with Crippen molar-refractivity contribution < 1.29 is 18.8 Å². The lowest BCUT2D eigenvalue weighted by Gasteiger charge is -2.27. The van der Waals surface area contributed by atoms with E-state index in [9.17, 15) is 18.8 Å². The Morgan fingerprint density at radius 2 is 1.90 bits per heavy atom. The number of carbonyl (C=O) groups excluding carboxylic acids is 3. The van der Waals surface area contributed by atoms with Gasteiger partial charge in [0.25, 0.3) is 5.91 Å². The van der Waals surface area contributed by atoms with Crippen molar-refractivity contribution in [3.05, 3.63) is 41.4 Å². The molecule has 0 spiro atoms. The van der Waals surface area contributed by atoms with Crippen LogP contribution < -0.4 is 5.73 Å². The molecule has 2 aliphatic rings. The fourth-order valence-corrected chi connectivity index (χ4v) is 4.39. The molecule has 158 valence electrons. The van der Waals surface area contributed by atoms with Gasteiger partial charge in [-0.2, -0.15) is 5.10 Å². The van der Waals surface area contributed by atoms with E-state index in [0.29, 0.717) is 28.8 Å². The summed E-state index contributed by atoms with van der Waals surface area (Å²) in [7, 11) is 0. The van der Waals surface area contributed by atoms with Gasteiger partial charge in [0.2, 0.25) is 5.91 Å². The molecule has 0 bridgehead atoms. The molecule has 30 heavy (non-hydrogen) atoms. The molecule has 2 N–H and O–H groups in total. The van der Waals surface area contributed by atoms with Crippen LogP contribution in [0.1, 0.15) is 50.0 Å². The zero-order valence-electron chi connectivity index (χ0n) is 17.1. The van der Waals surface area contributed by atoms with E-state index in [-0.39, 0.29) is 48.6 Å². The number of aromatic nitrogens is 2. The summed E-state index contributed by atoms with van der Waals surface area (Å²) < 4.78 is 15.3. The van der Waals surface area contributed by atoms with Crippen LogP contribution >= 0.6 is 0 Å². The van der Waals surface area contributed by atoms with E-state index in [0.717, 1.165) is 6.42 Å². The number of carbonyl (C=O) groups is 3. The Hall–Kier alpha value is -3.03. The number of primary amides is 1. The number of fused-ring (bicyclic) bond motifs is 2. The number of hydrogen-bond donors (Lipinski definition) is 1. The minimum Gasteiger partial charge on any atom is -0.364 e. The molecular weight excluding hydrogens is 387 g/mol. The topological polar surface area (TPSA) is 98.3 Å². The summed E-state index contributed by atoms with van der Waals surface area (Å²) in [4.78, 5) is 39.3. The number of allylic oxidation sites excluding steroid dienone is 2. The second-order valence-corrected chi connectivity index (χ2v) is 8.37. The van der Waals surface area contributed by atoms with Crippen molar-refractivity contribution in [1.82, 2.24) is 14.7 Å². The summed E-state index contributed by atoms with van der Waals surface area (Å²) in [6, 6.07) is 6.64. The van der Waals surface area contributed by atoms with E-state index in [4.69, 9.17) is 5.73 Å². The van der Waals surface area contributed by atoms with Crippen LogP contribution in [0, 0.1) is 5.92 Å². The highest BCUT2D eigenvalue weighted by Gasteiger charge is 2.55. The number of ketones is 1. The number of benzene rings is 1. The van der Waals surface area contributed by atoms with Crippen LogP contribution in [0.5, 0.6) is 0 Å². The maximum absolute atomic E-state index is 13.8. The van der Waals surface area contributed by atoms with E-state index in [1.54, 1.807) is 43.0 Å². The third-order valence-corrected chi connectivity index (χ3v) is 6.07. The van der Waals surface area contributed by atoms with Crippen LogP contribution in [0.4, 0.5) is 4.39 Å². The third kappa shape index (κ3) is 3.62. The second-order valence-electron chi connectivity index (χ2n) is 8.37. The van der Waals surface area contributed by atoms with Crippen molar-refractivity contribution in [2.24, 2.45) is 11.7 Å². The van der Waals surface area contributed by atoms with Gasteiger partial charge in [0.1, 0.15) is 6.54 Å². The average molecular weight is 412 g/mol. The van der Waals surface area contributed by atoms with Crippen molar-refractivity contribution >= 4 is 28.5 Å². The van der Waals surface area contributed by atoms with Gasteiger partial charge in [-0.25, -0.2) is 4.39 Å². The molecule has 1 saturated heterocycles. The third-order valence-electron chi connectivity index (χ3n) is 6.07. The quantitative estimate of drug-likeness (QED) is 0.756. The SMILES string of the molecule is CC(C)=C(F)CCC(=O)[C@@H]1C[C@H]2C[C@H]2N1C(=O)Cn1nc(C(N)=O)c2ccccc21. The lowest BCUT2D eigenvalue weighted by molar-refractivity contribution is -0.139. The first-order chi connectivity index (χ1) is 14.3. The smallest absolute Gasteiger partial charge is 0.269 e. The predicted octanol–water partition coefficient (Wildman–Crippen LogP) is 2.74. The molecule has 2 aromatic rings. The Bertz CT molecular complexity index is 1070. The number of nitrogens with two attached hydrogens (primary N) is 1. The molecule has 4 rings (SSSR count). The minimum absolute atomic E-state index is 0.0668. The van der Waals surface area contributed by atoms with Crippen LogP contribution in [0.25, 0.3) is 10.9 Å². The molecular formula is C22H25FN4O3. The molecule has 7 nitrogen and oxygen atoms in total. The summed E-state index contributed by atoms with van der Waals surface area (Å²) >= 11 is 0. The van der Waals surface area contributed by atoms with E-state index in [1.807, 2.05) is 0 Å². The number of halogens is 1. The van der Waals surface area contributed by atoms with Crippen LogP contribution in [-0.4, -0.2) is 44.4 Å². The van der Waals surface area contributed by atoms with Crippen LogP contribution in [0.2, 0.25) is 0 Å². The van der Waals surface area contributed by atoms with Gasteiger partial charge in [0.05, 0.1) is 17.4 Å². The predicted molar refractivity (Wildman–Crippen MR) is 109 cm³/mol. The Balaban J connectivity index is 1.53. The molecule has 3 atom stereocenters. The number of likely N-dealkylation sites (tertiary alicyclic amines) is 1. The number of piperidine rings is 1. The van der Waals surface area contributed by atoms with Crippen LogP contribution in [0.15, 0.2) is 35.7 Å². The number of rotatable bonds is 7. The van der Waals surface area contributed by atoms with Gasteiger partial charge in [0, 0.05) is 24.3 Å². The first-order valence-electron chi connectivity index (χ1n) is 10.2. The molecule has 1 saturated carbocycles. The number of hydrogen-bond acceptors (Lipinski definition) is 4. The Morgan fingerprint density at radius 3 is 2.60 bits per heavy atom. The maximum Gasteiger partial charge on any atom is 0.269 e. The lowest BCUT2D eigenvalue weighted by Crippen LogP contribution is -2.44. The average Bonchev–Trinajstić information content (AvgIpc) is 3.21. The van der Waals surface area contributed by atoms with Crippen LogP contribution in [0.3, 0.4) is 0 Å². The summed E-state index contributed by atoms with van der Waals surface area (Å²) in [6.45, 7) is 3.27. The van der Waals surface area contributed by atoms with Crippen molar-refractivity contribution in [3.8, 4) is 0 Å². The second kappa shape index (κ2) is 7.66. The number of Topliss-reactive ketones (excluding diaryl/α,β-unsaturated/α-hetero) is 1. The van der Waals surface area contributed by atoms with Gasteiger partial charge in [-0.05, 0) is 44.2 Å². The van der Waals surface area contributed by atoms with E-state index < -0.39 is 11.9 Å². The largest absolute Gasteiger partial charge is 0.364 e. The molecule has 2 fully saturated rings. The van der Waals surface area contributed by atoms with Gasteiger partial charge in [-0.1, -0.05) is 18.2 Å². The molecule has 8 heteroatoms. The summed E-state index contributed by atoms with van der Waals surface area (Å²) in [5.41, 5.74) is 6.75. The highest BCUT2D eigenvalue weighted by Crippen LogP contribution is 2.48. The van der Waals surface area contributed by atoms with Gasteiger partial charge in [0.15, 0.2) is 11.5 Å². The van der Waals surface area contributed by atoms with Gasteiger partial charge >= 0.3 is 0 Å². The normalized spacial score (nSPS) is 22.1. The molecule has 0 radical (unpaired) electrons. The Morgan fingerprint density at radius 1 is 1.17 bits per heavy atom. The molecule has 1 aromatic heterocycles. The first kappa shape index (κ1) is 20.3. The lowest BCUT2D eigenvalue weighted by atomic mass is 10.0. The molecule has 2 heterocycles.